The van der Waals surface area contributed by atoms with Crippen LogP contribution in [-0.2, 0) is 4.74 Å². The lowest BCUT2D eigenvalue weighted by Gasteiger charge is -2.40. The number of rotatable bonds is 8. The van der Waals surface area contributed by atoms with E-state index in [1.807, 2.05) is 0 Å². The van der Waals surface area contributed by atoms with Gasteiger partial charge in [0.15, 0.2) is 5.13 Å². The van der Waals surface area contributed by atoms with Crippen molar-refractivity contribution in [2.45, 2.75) is 58.7 Å². The molecular weight excluding hydrogens is 386 g/mol. The Balaban J connectivity index is 1.45. The topological polar surface area (TPSA) is 60.9 Å². The predicted octanol–water partition coefficient (Wildman–Crippen LogP) is 2.29. The number of hydrogen-bond acceptors (Lipinski definition) is 7. The van der Waals surface area contributed by atoms with Crippen molar-refractivity contribution in [2.75, 3.05) is 57.4 Å². The molecule has 0 atom stereocenters. The summed E-state index contributed by atoms with van der Waals surface area (Å²) in [6.07, 6.45) is 4.04. The van der Waals surface area contributed by atoms with E-state index in [0.29, 0.717) is 29.5 Å². The van der Waals surface area contributed by atoms with Crippen molar-refractivity contribution in [3.05, 3.63) is 11.1 Å². The van der Waals surface area contributed by atoms with Crippen LogP contribution in [0.15, 0.2) is 6.20 Å². The number of anilines is 1. The van der Waals surface area contributed by atoms with Crippen molar-refractivity contribution < 1.29 is 9.53 Å². The van der Waals surface area contributed by atoms with Crippen LogP contribution in [0.2, 0.25) is 0 Å². The van der Waals surface area contributed by atoms with Gasteiger partial charge in [0.2, 0.25) is 0 Å². The highest BCUT2D eigenvalue weighted by Gasteiger charge is 2.27. The molecule has 8 heteroatoms. The van der Waals surface area contributed by atoms with Crippen molar-refractivity contribution in [3.8, 4) is 0 Å². The molecule has 1 aromatic rings. The van der Waals surface area contributed by atoms with Crippen LogP contribution in [0.5, 0.6) is 0 Å². The average Bonchev–Trinajstić information content (AvgIpc) is 3.21. The summed E-state index contributed by atoms with van der Waals surface area (Å²) in [6, 6.07) is 1.60. The van der Waals surface area contributed by atoms with Gasteiger partial charge in [-0.1, -0.05) is 11.3 Å². The molecule has 164 valence electrons. The molecular formula is C21H37N5O2S. The molecule has 0 unspecified atom stereocenters. The Kier molecular flexibility index (Phi) is 8.29. The van der Waals surface area contributed by atoms with Crippen LogP contribution in [0.25, 0.3) is 0 Å². The van der Waals surface area contributed by atoms with Gasteiger partial charge in [0.1, 0.15) is 4.88 Å². The van der Waals surface area contributed by atoms with Gasteiger partial charge in [0.05, 0.1) is 19.4 Å². The summed E-state index contributed by atoms with van der Waals surface area (Å²) < 4.78 is 5.47. The molecule has 1 amide bonds. The average molecular weight is 424 g/mol. The number of aromatic nitrogens is 1. The van der Waals surface area contributed by atoms with E-state index in [9.17, 15) is 4.79 Å². The molecule has 3 rings (SSSR count). The highest BCUT2D eigenvalue weighted by atomic mass is 32.1. The second kappa shape index (κ2) is 10.7. The lowest BCUT2D eigenvalue weighted by atomic mass is 10.0. The summed E-state index contributed by atoms with van der Waals surface area (Å²) in [5.41, 5.74) is 0. The summed E-state index contributed by atoms with van der Waals surface area (Å²) in [4.78, 5) is 25.1. The molecule has 2 fully saturated rings. The number of piperidine rings is 1. The first-order chi connectivity index (χ1) is 14.0. The third-order valence-corrected chi connectivity index (χ3v) is 7.05. The minimum absolute atomic E-state index is 0.00980. The maximum atomic E-state index is 12.5. The molecule has 0 spiro atoms. The third-order valence-electron chi connectivity index (χ3n) is 6.00. The van der Waals surface area contributed by atoms with Crippen LogP contribution in [0.4, 0.5) is 5.13 Å². The molecule has 2 saturated heterocycles. The maximum absolute atomic E-state index is 12.5. The van der Waals surface area contributed by atoms with E-state index in [0.717, 1.165) is 63.9 Å². The van der Waals surface area contributed by atoms with Crippen LogP contribution >= 0.6 is 11.3 Å². The van der Waals surface area contributed by atoms with Crippen LogP contribution in [-0.4, -0.2) is 91.3 Å². The van der Waals surface area contributed by atoms with Crippen LogP contribution in [0, 0.1) is 0 Å². The van der Waals surface area contributed by atoms with Crippen LogP contribution < -0.4 is 10.2 Å². The van der Waals surface area contributed by atoms with E-state index in [2.05, 4.69) is 52.7 Å². The molecule has 0 aromatic carbocycles. The van der Waals surface area contributed by atoms with Gasteiger partial charge >= 0.3 is 0 Å². The fraction of sp³-hybridized carbons (Fsp3) is 0.810. The lowest BCUT2D eigenvalue weighted by molar-refractivity contribution is 0.0115. The number of amides is 1. The van der Waals surface area contributed by atoms with Gasteiger partial charge in [-0.15, -0.1) is 0 Å². The van der Waals surface area contributed by atoms with E-state index in [1.165, 1.54) is 11.3 Å². The Hall–Kier alpha value is -1.22. The number of morpholine rings is 1. The Bertz CT molecular complexity index is 629. The molecule has 2 aliphatic heterocycles. The zero-order valence-corrected chi connectivity index (χ0v) is 19.2. The van der Waals surface area contributed by atoms with Crippen molar-refractivity contribution in [1.29, 1.82) is 0 Å². The number of ether oxygens (including phenoxy) is 1. The van der Waals surface area contributed by atoms with E-state index < -0.39 is 0 Å². The SMILES string of the molecule is CC(C)N(CCNC(=O)c1cnc(N2CCC(N3CCOCC3)CC2)s1)C(C)C. The fourth-order valence-electron chi connectivity index (χ4n) is 4.38. The minimum Gasteiger partial charge on any atom is -0.379 e. The molecule has 7 nitrogen and oxygen atoms in total. The van der Waals surface area contributed by atoms with E-state index >= 15 is 0 Å². The molecule has 1 N–H and O–H groups in total. The van der Waals surface area contributed by atoms with Gasteiger partial charge in [0, 0.05) is 57.4 Å². The van der Waals surface area contributed by atoms with Gasteiger partial charge < -0.3 is 15.0 Å². The number of carbonyl (C=O) groups excluding carboxylic acids is 1. The van der Waals surface area contributed by atoms with Crippen molar-refractivity contribution in [3.63, 3.8) is 0 Å². The smallest absolute Gasteiger partial charge is 0.263 e. The van der Waals surface area contributed by atoms with E-state index in [4.69, 9.17) is 4.74 Å². The highest BCUT2D eigenvalue weighted by molar-refractivity contribution is 7.17. The maximum Gasteiger partial charge on any atom is 0.263 e. The lowest BCUT2D eigenvalue weighted by Crippen LogP contribution is -2.49. The molecule has 0 saturated carbocycles. The second-order valence-electron chi connectivity index (χ2n) is 8.55. The van der Waals surface area contributed by atoms with Gasteiger partial charge in [0.25, 0.3) is 5.91 Å². The van der Waals surface area contributed by atoms with Crippen LogP contribution in [0.3, 0.4) is 0 Å². The van der Waals surface area contributed by atoms with E-state index in [1.54, 1.807) is 6.20 Å². The van der Waals surface area contributed by atoms with Crippen LogP contribution in [0.1, 0.15) is 50.2 Å². The normalized spacial score (nSPS) is 19.5. The molecule has 3 heterocycles. The Labute approximate surface area is 179 Å². The molecule has 29 heavy (non-hydrogen) atoms. The summed E-state index contributed by atoms with van der Waals surface area (Å²) in [7, 11) is 0. The monoisotopic (exact) mass is 423 g/mol. The Morgan fingerprint density at radius 1 is 1.21 bits per heavy atom. The quantitative estimate of drug-likeness (QED) is 0.692. The standard InChI is InChI=1S/C21H37N5O2S/c1-16(2)26(17(3)4)10-7-22-20(27)19-15-23-21(29-19)25-8-5-18(6-9-25)24-11-13-28-14-12-24/h15-18H,5-14H2,1-4H3,(H,22,27). The number of carbonyl (C=O) groups is 1. The fourth-order valence-corrected chi connectivity index (χ4v) is 5.26. The van der Waals surface area contributed by atoms with Gasteiger partial charge in [-0.05, 0) is 40.5 Å². The summed E-state index contributed by atoms with van der Waals surface area (Å²) in [5, 5.41) is 4.03. The zero-order valence-electron chi connectivity index (χ0n) is 18.4. The minimum atomic E-state index is -0.00980. The van der Waals surface area contributed by atoms with Gasteiger partial charge in [-0.2, -0.15) is 0 Å². The van der Waals surface area contributed by atoms with Gasteiger partial charge in [-0.25, -0.2) is 4.98 Å². The number of nitrogens with zero attached hydrogens (tertiary/aromatic N) is 4. The molecule has 0 bridgehead atoms. The van der Waals surface area contributed by atoms with Crippen molar-refractivity contribution >= 4 is 22.4 Å². The summed E-state index contributed by atoms with van der Waals surface area (Å²) in [5.74, 6) is -0.00980. The molecule has 0 radical (unpaired) electrons. The number of thiazole rings is 1. The largest absolute Gasteiger partial charge is 0.379 e. The first-order valence-electron chi connectivity index (χ1n) is 11.0. The number of hydrogen-bond donors (Lipinski definition) is 1. The van der Waals surface area contributed by atoms with Crippen molar-refractivity contribution in [1.82, 2.24) is 20.1 Å². The van der Waals surface area contributed by atoms with Gasteiger partial charge in [-0.3, -0.25) is 14.6 Å². The van der Waals surface area contributed by atoms with E-state index in [-0.39, 0.29) is 5.91 Å². The molecule has 2 aliphatic rings. The molecule has 0 aliphatic carbocycles. The second-order valence-corrected chi connectivity index (χ2v) is 9.56. The predicted molar refractivity (Wildman–Crippen MR) is 119 cm³/mol. The molecule has 1 aromatic heterocycles. The summed E-state index contributed by atoms with van der Waals surface area (Å²) >= 11 is 1.51. The Morgan fingerprint density at radius 3 is 2.48 bits per heavy atom. The Morgan fingerprint density at radius 2 is 1.86 bits per heavy atom. The third kappa shape index (κ3) is 6.13. The number of nitrogens with one attached hydrogen (secondary N) is 1. The zero-order chi connectivity index (χ0) is 20.8. The summed E-state index contributed by atoms with van der Waals surface area (Å²) in [6.45, 7) is 16.1. The highest BCUT2D eigenvalue weighted by Crippen LogP contribution is 2.27. The first kappa shape index (κ1) is 22.5. The first-order valence-corrected chi connectivity index (χ1v) is 11.8. The van der Waals surface area contributed by atoms with Crippen molar-refractivity contribution in [2.24, 2.45) is 0 Å².